The number of benzene rings is 2. The molecule has 2 unspecified atom stereocenters. The molecule has 0 spiro atoms. The zero-order chi connectivity index (χ0) is 18.3. The summed E-state index contributed by atoms with van der Waals surface area (Å²) in [5.74, 6) is -0.195. The average Bonchev–Trinajstić information content (AvgIpc) is 3.01. The van der Waals surface area contributed by atoms with Gasteiger partial charge in [0.15, 0.2) is 5.69 Å². The van der Waals surface area contributed by atoms with Gasteiger partial charge in [-0.3, -0.25) is 4.79 Å². The van der Waals surface area contributed by atoms with E-state index in [1.807, 2.05) is 12.1 Å². The van der Waals surface area contributed by atoms with Gasteiger partial charge in [0.05, 0.1) is 6.04 Å². The number of aryl methyl sites for hydroxylation is 1. The number of nitrogens with one attached hydrogen (secondary N) is 3. The van der Waals surface area contributed by atoms with Gasteiger partial charge in [0.1, 0.15) is 0 Å². The second kappa shape index (κ2) is 6.85. The summed E-state index contributed by atoms with van der Waals surface area (Å²) < 4.78 is 1.04. The molecular formula is C19H18BrN3O3. The average molecular weight is 416 g/mol. The van der Waals surface area contributed by atoms with E-state index >= 15 is 0 Å². The Morgan fingerprint density at radius 2 is 2.04 bits per heavy atom. The van der Waals surface area contributed by atoms with Gasteiger partial charge in [0.2, 0.25) is 0 Å². The molecule has 1 aliphatic rings. The van der Waals surface area contributed by atoms with Crippen LogP contribution in [0.1, 0.15) is 40.5 Å². The summed E-state index contributed by atoms with van der Waals surface area (Å²) in [6.07, 6.45) is 2.88. The van der Waals surface area contributed by atoms with Crippen LogP contribution in [-0.2, 0) is 6.42 Å². The SMILES string of the molecule is O=C(NC1CCCc2c1[nH]c1ccc(Br)cc21)c1ccc([NH+]([O-])O)cc1. The van der Waals surface area contributed by atoms with Crippen molar-refractivity contribution < 1.29 is 15.2 Å². The first-order valence-corrected chi connectivity index (χ1v) is 9.26. The molecule has 0 radical (unpaired) electrons. The van der Waals surface area contributed by atoms with Gasteiger partial charge >= 0.3 is 0 Å². The minimum atomic E-state index is -1.00. The monoisotopic (exact) mass is 415 g/mol. The Bertz CT molecular complexity index is 966. The molecule has 0 saturated carbocycles. The highest BCUT2D eigenvalue weighted by molar-refractivity contribution is 9.10. The number of carbonyl (C=O) groups is 1. The number of hydrogen-bond donors (Lipinski definition) is 4. The molecule has 134 valence electrons. The number of halogens is 1. The lowest BCUT2D eigenvalue weighted by atomic mass is 9.91. The maximum atomic E-state index is 12.6. The van der Waals surface area contributed by atoms with Crippen LogP contribution >= 0.6 is 15.9 Å². The summed E-state index contributed by atoms with van der Waals surface area (Å²) >= 11 is 3.52. The third-order valence-electron chi connectivity index (χ3n) is 4.87. The van der Waals surface area contributed by atoms with Gasteiger partial charge in [-0.05, 0) is 55.2 Å². The Hall–Kier alpha value is -2.19. The number of H-pyrrole nitrogens is 1. The summed E-state index contributed by atoms with van der Waals surface area (Å²) in [6.45, 7) is 0. The number of carbonyl (C=O) groups excluding carboxylic acids is 1. The molecule has 0 saturated heterocycles. The van der Waals surface area contributed by atoms with Gasteiger partial charge in [0.25, 0.3) is 5.91 Å². The second-order valence-corrected chi connectivity index (χ2v) is 7.42. The summed E-state index contributed by atoms with van der Waals surface area (Å²) in [5.41, 5.74) is 4.03. The number of rotatable bonds is 3. The normalized spacial score (nSPS) is 17.7. The molecule has 4 rings (SSSR count). The fourth-order valence-corrected chi connectivity index (χ4v) is 3.95. The summed E-state index contributed by atoms with van der Waals surface area (Å²) in [5, 5.41) is 23.2. The van der Waals surface area contributed by atoms with E-state index in [0.29, 0.717) is 5.56 Å². The van der Waals surface area contributed by atoms with E-state index < -0.39 is 5.23 Å². The van der Waals surface area contributed by atoms with Crippen LogP contribution in [0.2, 0.25) is 0 Å². The fourth-order valence-electron chi connectivity index (χ4n) is 3.58. The van der Waals surface area contributed by atoms with Gasteiger partial charge in [-0.15, -0.1) is 0 Å². The quantitative estimate of drug-likeness (QED) is 0.495. The summed E-state index contributed by atoms with van der Waals surface area (Å²) in [6, 6.07) is 12.1. The predicted molar refractivity (Wildman–Crippen MR) is 101 cm³/mol. The van der Waals surface area contributed by atoms with Gasteiger partial charge in [-0.25, -0.2) is 5.21 Å². The van der Waals surface area contributed by atoms with Crippen molar-refractivity contribution in [1.82, 2.24) is 10.3 Å². The third-order valence-corrected chi connectivity index (χ3v) is 5.36. The lowest BCUT2D eigenvalue weighted by Gasteiger charge is -2.24. The molecule has 4 N–H and O–H groups in total. The zero-order valence-electron chi connectivity index (χ0n) is 13.9. The van der Waals surface area contributed by atoms with Crippen molar-refractivity contribution in [3.05, 3.63) is 69.0 Å². The van der Waals surface area contributed by atoms with Crippen LogP contribution in [0, 0.1) is 5.21 Å². The van der Waals surface area contributed by atoms with Crippen molar-refractivity contribution in [1.29, 1.82) is 0 Å². The van der Waals surface area contributed by atoms with E-state index in [1.165, 1.54) is 23.1 Å². The molecule has 1 amide bonds. The van der Waals surface area contributed by atoms with E-state index in [0.717, 1.165) is 34.9 Å². The highest BCUT2D eigenvalue weighted by atomic mass is 79.9. The fraction of sp³-hybridized carbons (Fsp3) is 0.211. The highest BCUT2D eigenvalue weighted by Gasteiger charge is 2.26. The Balaban J connectivity index is 1.60. The summed E-state index contributed by atoms with van der Waals surface area (Å²) in [4.78, 5) is 16.1. The highest BCUT2D eigenvalue weighted by Crippen LogP contribution is 2.35. The molecule has 1 aromatic heterocycles. The Kier molecular flexibility index (Phi) is 4.54. The Labute approximate surface area is 158 Å². The van der Waals surface area contributed by atoms with Crippen LogP contribution in [0.4, 0.5) is 5.69 Å². The number of amides is 1. The van der Waals surface area contributed by atoms with Crippen molar-refractivity contribution in [2.75, 3.05) is 0 Å². The minimum Gasteiger partial charge on any atom is -0.595 e. The molecule has 1 aliphatic carbocycles. The van der Waals surface area contributed by atoms with Crippen molar-refractivity contribution in [2.24, 2.45) is 0 Å². The van der Waals surface area contributed by atoms with E-state index in [4.69, 9.17) is 5.21 Å². The van der Waals surface area contributed by atoms with Gasteiger partial charge in [-0.1, -0.05) is 15.9 Å². The molecular weight excluding hydrogens is 398 g/mol. The molecule has 6 nitrogen and oxygen atoms in total. The van der Waals surface area contributed by atoms with Crippen molar-refractivity contribution in [2.45, 2.75) is 25.3 Å². The van der Waals surface area contributed by atoms with Crippen LogP contribution in [0.5, 0.6) is 0 Å². The lowest BCUT2D eigenvalue weighted by molar-refractivity contribution is -0.991. The Morgan fingerprint density at radius 3 is 2.77 bits per heavy atom. The second-order valence-electron chi connectivity index (χ2n) is 6.51. The van der Waals surface area contributed by atoms with Crippen molar-refractivity contribution in [3.8, 4) is 0 Å². The smallest absolute Gasteiger partial charge is 0.251 e. The molecule has 2 atom stereocenters. The van der Waals surface area contributed by atoms with Gasteiger partial charge in [-0.2, -0.15) is 5.23 Å². The zero-order valence-corrected chi connectivity index (χ0v) is 15.5. The van der Waals surface area contributed by atoms with Crippen LogP contribution in [0.25, 0.3) is 10.9 Å². The van der Waals surface area contributed by atoms with E-state index in [1.54, 1.807) is 12.1 Å². The largest absolute Gasteiger partial charge is 0.595 e. The first-order chi connectivity index (χ1) is 12.5. The summed E-state index contributed by atoms with van der Waals surface area (Å²) in [7, 11) is 0. The van der Waals surface area contributed by atoms with Crippen LogP contribution in [0.3, 0.4) is 0 Å². The molecule has 0 bridgehead atoms. The lowest BCUT2D eigenvalue weighted by Crippen LogP contribution is -2.99. The van der Waals surface area contributed by atoms with Crippen molar-refractivity contribution in [3.63, 3.8) is 0 Å². The number of fused-ring (bicyclic) bond motifs is 3. The molecule has 0 fully saturated rings. The predicted octanol–water partition coefficient (Wildman–Crippen LogP) is 3.14. The molecule has 1 heterocycles. The number of hydrogen-bond acceptors (Lipinski definition) is 3. The molecule has 2 aromatic carbocycles. The number of aromatic nitrogens is 1. The first kappa shape index (κ1) is 17.2. The standard InChI is InChI=1S/C19H18BrN3O3/c20-12-6-9-16-15(10-12)14-2-1-3-17(18(14)21-16)22-19(24)11-4-7-13(8-5-11)23(25)26/h4-10,17,21,23,25H,1-3H2,(H,22,24). The van der Waals surface area contributed by atoms with E-state index in [-0.39, 0.29) is 17.6 Å². The molecule has 3 aromatic rings. The molecule has 26 heavy (non-hydrogen) atoms. The van der Waals surface area contributed by atoms with Crippen LogP contribution < -0.4 is 10.5 Å². The minimum absolute atomic E-state index is 0.0726. The third kappa shape index (κ3) is 3.14. The molecule has 0 aliphatic heterocycles. The maximum absolute atomic E-state index is 12.6. The Morgan fingerprint density at radius 1 is 1.27 bits per heavy atom. The van der Waals surface area contributed by atoms with E-state index in [9.17, 15) is 10.0 Å². The topological polar surface area (TPSA) is 92.6 Å². The maximum Gasteiger partial charge on any atom is 0.251 e. The van der Waals surface area contributed by atoms with E-state index in [2.05, 4.69) is 32.3 Å². The van der Waals surface area contributed by atoms with Crippen LogP contribution in [0.15, 0.2) is 46.9 Å². The first-order valence-electron chi connectivity index (χ1n) is 8.47. The van der Waals surface area contributed by atoms with Gasteiger partial charge in [0, 0.05) is 38.8 Å². The van der Waals surface area contributed by atoms with Crippen molar-refractivity contribution >= 4 is 38.4 Å². The molecule has 7 heteroatoms. The number of aromatic amines is 1. The van der Waals surface area contributed by atoms with Crippen LogP contribution in [-0.4, -0.2) is 16.1 Å². The van der Waals surface area contributed by atoms with Gasteiger partial charge < -0.3 is 15.5 Å². The number of quaternary nitrogens is 1.